The highest BCUT2D eigenvalue weighted by atomic mass is 32.2. The Balaban J connectivity index is 1.87. The minimum absolute atomic E-state index is 0.142. The van der Waals surface area contributed by atoms with E-state index in [1.807, 2.05) is 0 Å². The molecule has 4 nitrogen and oxygen atoms in total. The average molecular weight is 302 g/mol. The van der Waals surface area contributed by atoms with Crippen LogP contribution in [0.25, 0.3) is 0 Å². The van der Waals surface area contributed by atoms with Gasteiger partial charge in [0.25, 0.3) is 0 Å². The third-order valence-corrected chi connectivity index (χ3v) is 6.33. The Morgan fingerprint density at radius 1 is 1.10 bits per heavy atom. The maximum atomic E-state index is 12.4. The molecule has 2 N–H and O–H groups in total. The van der Waals surface area contributed by atoms with Crippen LogP contribution < -0.4 is 10.0 Å². The second-order valence-electron chi connectivity index (χ2n) is 6.46. The molecule has 5 heteroatoms. The van der Waals surface area contributed by atoms with Gasteiger partial charge in [-0.3, -0.25) is 0 Å². The van der Waals surface area contributed by atoms with Gasteiger partial charge in [0.1, 0.15) is 0 Å². The molecule has 0 aromatic heterocycles. The lowest BCUT2D eigenvalue weighted by molar-refractivity contribution is 0.285. The molecular formula is C15H30N2O2S. The number of sulfonamides is 1. The van der Waals surface area contributed by atoms with Gasteiger partial charge in [0.05, 0.1) is 5.75 Å². The molecule has 118 valence electrons. The molecule has 0 amide bonds. The SMILES string of the molecule is CCC(NS(=O)(=O)CC1CCCCN1)C1CCCCC1. The van der Waals surface area contributed by atoms with Crippen molar-refractivity contribution in [3.63, 3.8) is 0 Å². The summed E-state index contributed by atoms with van der Waals surface area (Å²) in [5.41, 5.74) is 0. The lowest BCUT2D eigenvalue weighted by atomic mass is 9.83. The molecule has 1 aliphatic heterocycles. The smallest absolute Gasteiger partial charge is 0.213 e. The molecule has 0 spiro atoms. The fourth-order valence-electron chi connectivity index (χ4n) is 3.66. The van der Waals surface area contributed by atoms with Crippen LogP contribution in [0.1, 0.15) is 64.7 Å². The second kappa shape index (κ2) is 7.76. The highest BCUT2D eigenvalue weighted by Crippen LogP contribution is 2.28. The van der Waals surface area contributed by atoms with Crippen LogP contribution in [0, 0.1) is 5.92 Å². The molecular weight excluding hydrogens is 272 g/mol. The van der Waals surface area contributed by atoms with Crippen molar-refractivity contribution in [3.8, 4) is 0 Å². The van der Waals surface area contributed by atoms with Crippen molar-refractivity contribution < 1.29 is 8.42 Å². The van der Waals surface area contributed by atoms with Crippen LogP contribution in [-0.2, 0) is 10.0 Å². The minimum atomic E-state index is -3.15. The molecule has 0 bridgehead atoms. The van der Waals surface area contributed by atoms with Gasteiger partial charge in [-0.05, 0) is 44.6 Å². The molecule has 1 saturated carbocycles. The zero-order valence-corrected chi connectivity index (χ0v) is 13.6. The van der Waals surface area contributed by atoms with Gasteiger partial charge in [0, 0.05) is 12.1 Å². The van der Waals surface area contributed by atoms with E-state index in [2.05, 4.69) is 17.0 Å². The van der Waals surface area contributed by atoms with E-state index in [0.717, 1.165) is 25.8 Å². The monoisotopic (exact) mass is 302 g/mol. The van der Waals surface area contributed by atoms with E-state index in [9.17, 15) is 8.42 Å². The molecule has 20 heavy (non-hydrogen) atoms. The second-order valence-corrected chi connectivity index (χ2v) is 8.26. The summed E-state index contributed by atoms with van der Waals surface area (Å²) < 4.78 is 27.7. The first kappa shape index (κ1) is 16.2. The van der Waals surface area contributed by atoms with Gasteiger partial charge in [-0.25, -0.2) is 13.1 Å². The van der Waals surface area contributed by atoms with Crippen molar-refractivity contribution in [1.82, 2.24) is 10.0 Å². The Morgan fingerprint density at radius 3 is 2.40 bits per heavy atom. The third-order valence-electron chi connectivity index (χ3n) is 4.82. The lowest BCUT2D eigenvalue weighted by Gasteiger charge is -2.31. The number of rotatable bonds is 6. The zero-order valence-electron chi connectivity index (χ0n) is 12.7. The van der Waals surface area contributed by atoms with Crippen LogP contribution >= 0.6 is 0 Å². The summed E-state index contributed by atoms with van der Waals surface area (Å²) in [7, 11) is -3.15. The average Bonchev–Trinajstić information content (AvgIpc) is 2.46. The van der Waals surface area contributed by atoms with Crippen LogP contribution in [0.2, 0.25) is 0 Å². The molecule has 0 aromatic rings. The van der Waals surface area contributed by atoms with E-state index >= 15 is 0 Å². The Kier molecular flexibility index (Phi) is 6.30. The molecule has 0 aromatic carbocycles. The van der Waals surface area contributed by atoms with E-state index in [-0.39, 0.29) is 17.8 Å². The van der Waals surface area contributed by atoms with E-state index in [0.29, 0.717) is 5.92 Å². The molecule has 1 heterocycles. The first-order valence-electron chi connectivity index (χ1n) is 8.34. The maximum absolute atomic E-state index is 12.4. The fourth-order valence-corrected chi connectivity index (χ4v) is 5.39. The first-order chi connectivity index (χ1) is 9.61. The summed E-state index contributed by atoms with van der Waals surface area (Å²) in [6.07, 6.45) is 10.4. The molecule has 2 rings (SSSR count). The predicted octanol–water partition coefficient (Wildman–Crippen LogP) is 2.41. The summed E-state index contributed by atoms with van der Waals surface area (Å²) in [6, 6.07) is 0.286. The highest BCUT2D eigenvalue weighted by molar-refractivity contribution is 7.89. The third kappa shape index (κ3) is 5.01. The number of nitrogens with one attached hydrogen (secondary N) is 2. The largest absolute Gasteiger partial charge is 0.313 e. The Labute approximate surface area is 124 Å². The van der Waals surface area contributed by atoms with Crippen LogP contribution in [0.3, 0.4) is 0 Å². The van der Waals surface area contributed by atoms with Crippen molar-refractivity contribution in [2.24, 2.45) is 5.92 Å². The van der Waals surface area contributed by atoms with E-state index in [1.165, 1.54) is 38.5 Å². The standard InChI is InChI=1S/C15H30N2O2S/c1-2-15(13-8-4-3-5-9-13)17-20(18,19)12-14-10-6-7-11-16-14/h13-17H,2-12H2,1H3. The topological polar surface area (TPSA) is 58.2 Å². The predicted molar refractivity (Wildman–Crippen MR) is 83.2 cm³/mol. The summed E-state index contributed by atoms with van der Waals surface area (Å²) in [4.78, 5) is 0. The van der Waals surface area contributed by atoms with E-state index in [1.54, 1.807) is 0 Å². The van der Waals surface area contributed by atoms with Gasteiger partial charge in [-0.15, -0.1) is 0 Å². The summed E-state index contributed by atoms with van der Waals surface area (Å²) in [5.74, 6) is 0.791. The van der Waals surface area contributed by atoms with Crippen LogP contribution in [0.4, 0.5) is 0 Å². The van der Waals surface area contributed by atoms with Crippen molar-refractivity contribution in [3.05, 3.63) is 0 Å². The summed E-state index contributed by atoms with van der Waals surface area (Å²) >= 11 is 0. The van der Waals surface area contributed by atoms with Crippen molar-refractivity contribution >= 4 is 10.0 Å². The number of hydrogen-bond donors (Lipinski definition) is 2. The Hall–Kier alpha value is -0.130. The summed E-state index contributed by atoms with van der Waals surface area (Å²) in [5, 5.41) is 3.33. The van der Waals surface area contributed by atoms with Gasteiger partial charge in [-0.1, -0.05) is 32.6 Å². The normalized spacial score (nSPS) is 27.4. The lowest BCUT2D eigenvalue weighted by Crippen LogP contribution is -2.47. The van der Waals surface area contributed by atoms with Crippen LogP contribution in [0.5, 0.6) is 0 Å². The van der Waals surface area contributed by atoms with Gasteiger partial charge in [0.2, 0.25) is 10.0 Å². The quantitative estimate of drug-likeness (QED) is 0.792. The first-order valence-corrected chi connectivity index (χ1v) is 9.99. The van der Waals surface area contributed by atoms with Crippen molar-refractivity contribution in [1.29, 1.82) is 0 Å². The highest BCUT2D eigenvalue weighted by Gasteiger charge is 2.28. The molecule has 2 atom stereocenters. The molecule has 0 radical (unpaired) electrons. The van der Waals surface area contributed by atoms with Gasteiger partial charge in [-0.2, -0.15) is 0 Å². The molecule has 1 aliphatic carbocycles. The Bertz CT molecular complexity index is 371. The molecule has 2 fully saturated rings. The van der Waals surface area contributed by atoms with Gasteiger partial charge >= 0.3 is 0 Å². The Morgan fingerprint density at radius 2 is 1.80 bits per heavy atom. The van der Waals surface area contributed by atoms with Crippen molar-refractivity contribution in [2.45, 2.75) is 76.8 Å². The zero-order chi connectivity index (χ0) is 14.4. The van der Waals surface area contributed by atoms with E-state index < -0.39 is 10.0 Å². The molecule has 2 aliphatic rings. The van der Waals surface area contributed by atoms with Crippen LogP contribution in [-0.4, -0.2) is 32.8 Å². The number of hydrogen-bond acceptors (Lipinski definition) is 3. The fraction of sp³-hybridized carbons (Fsp3) is 1.00. The van der Waals surface area contributed by atoms with E-state index in [4.69, 9.17) is 0 Å². The van der Waals surface area contributed by atoms with Crippen LogP contribution in [0.15, 0.2) is 0 Å². The number of piperidine rings is 1. The maximum Gasteiger partial charge on any atom is 0.213 e. The minimum Gasteiger partial charge on any atom is -0.313 e. The van der Waals surface area contributed by atoms with Gasteiger partial charge < -0.3 is 5.32 Å². The molecule has 1 saturated heterocycles. The molecule has 2 unspecified atom stereocenters. The summed E-state index contributed by atoms with van der Waals surface area (Å²) in [6.45, 7) is 3.06. The van der Waals surface area contributed by atoms with Crippen molar-refractivity contribution in [2.75, 3.05) is 12.3 Å². The van der Waals surface area contributed by atoms with Gasteiger partial charge in [0.15, 0.2) is 0 Å².